The standard InChI is InChI=1S/C17H31NO2/c19-12-11-18(15-6-2-3-7-15)16-8-13-20-17(14-16)9-4-1-5-10-17/h15-16,19H,1-14H2. The average Bonchev–Trinajstić information content (AvgIpc) is 2.99. The average molecular weight is 281 g/mol. The Morgan fingerprint density at radius 2 is 1.70 bits per heavy atom. The quantitative estimate of drug-likeness (QED) is 0.859. The maximum absolute atomic E-state index is 9.46. The molecule has 1 heterocycles. The molecule has 3 nitrogen and oxygen atoms in total. The molecule has 0 bridgehead atoms. The molecule has 1 spiro atoms. The van der Waals surface area contributed by atoms with Gasteiger partial charge in [-0.25, -0.2) is 0 Å². The van der Waals surface area contributed by atoms with Crippen LogP contribution in [0.2, 0.25) is 0 Å². The van der Waals surface area contributed by atoms with Gasteiger partial charge in [-0.15, -0.1) is 0 Å². The summed E-state index contributed by atoms with van der Waals surface area (Å²) in [6, 6.07) is 1.38. The molecule has 1 aliphatic heterocycles. The van der Waals surface area contributed by atoms with E-state index in [1.807, 2.05) is 0 Å². The molecule has 2 saturated carbocycles. The third-order valence-electron chi connectivity index (χ3n) is 5.85. The van der Waals surface area contributed by atoms with Gasteiger partial charge in [0.2, 0.25) is 0 Å². The summed E-state index contributed by atoms with van der Waals surface area (Å²) in [6.07, 6.45) is 14.4. The van der Waals surface area contributed by atoms with Gasteiger partial charge in [0.25, 0.3) is 0 Å². The van der Waals surface area contributed by atoms with Crippen molar-refractivity contribution in [3.63, 3.8) is 0 Å². The first-order valence-corrected chi connectivity index (χ1v) is 8.84. The summed E-state index contributed by atoms with van der Waals surface area (Å²) in [5.41, 5.74) is 0.188. The molecule has 116 valence electrons. The van der Waals surface area contributed by atoms with Gasteiger partial charge in [-0.1, -0.05) is 32.1 Å². The Kier molecular flexibility index (Phi) is 5.00. The molecule has 1 unspecified atom stereocenters. The van der Waals surface area contributed by atoms with E-state index >= 15 is 0 Å². The number of rotatable bonds is 4. The molecule has 3 aliphatic rings. The van der Waals surface area contributed by atoms with Crippen LogP contribution in [0.5, 0.6) is 0 Å². The first-order valence-electron chi connectivity index (χ1n) is 8.84. The minimum atomic E-state index is 0.188. The Morgan fingerprint density at radius 1 is 0.950 bits per heavy atom. The second kappa shape index (κ2) is 6.76. The molecule has 3 rings (SSSR count). The smallest absolute Gasteiger partial charge is 0.0697 e. The highest BCUT2D eigenvalue weighted by atomic mass is 16.5. The van der Waals surface area contributed by atoms with Crippen molar-refractivity contribution in [2.45, 2.75) is 88.3 Å². The molecule has 2 aliphatic carbocycles. The lowest BCUT2D eigenvalue weighted by Gasteiger charge is -2.48. The maximum atomic E-state index is 9.46. The van der Waals surface area contributed by atoms with E-state index in [4.69, 9.17) is 4.74 Å². The Morgan fingerprint density at radius 3 is 2.40 bits per heavy atom. The lowest BCUT2D eigenvalue weighted by atomic mass is 9.77. The van der Waals surface area contributed by atoms with E-state index in [1.54, 1.807) is 0 Å². The summed E-state index contributed by atoms with van der Waals surface area (Å²) in [6.45, 7) is 2.10. The molecule has 0 aromatic heterocycles. The first-order chi connectivity index (χ1) is 9.83. The predicted octanol–water partition coefficient (Wildman–Crippen LogP) is 3.11. The molecular weight excluding hydrogens is 250 g/mol. The maximum Gasteiger partial charge on any atom is 0.0697 e. The fourth-order valence-corrected chi connectivity index (χ4v) is 4.84. The first kappa shape index (κ1) is 14.8. The molecule has 0 amide bonds. The van der Waals surface area contributed by atoms with Crippen molar-refractivity contribution in [3.05, 3.63) is 0 Å². The lowest BCUT2D eigenvalue weighted by molar-refractivity contribution is -0.129. The van der Waals surface area contributed by atoms with Crippen LogP contribution in [-0.4, -0.2) is 47.4 Å². The van der Waals surface area contributed by atoms with Gasteiger partial charge in [0.1, 0.15) is 0 Å². The van der Waals surface area contributed by atoms with Crippen molar-refractivity contribution in [1.29, 1.82) is 0 Å². The number of aliphatic hydroxyl groups excluding tert-OH is 1. The van der Waals surface area contributed by atoms with Gasteiger partial charge >= 0.3 is 0 Å². The van der Waals surface area contributed by atoms with Crippen LogP contribution in [0, 0.1) is 0 Å². The molecule has 0 radical (unpaired) electrons. The van der Waals surface area contributed by atoms with Gasteiger partial charge < -0.3 is 9.84 Å². The molecule has 0 aromatic carbocycles. The van der Waals surface area contributed by atoms with Crippen LogP contribution in [0.4, 0.5) is 0 Å². The van der Waals surface area contributed by atoms with Gasteiger partial charge in [-0.3, -0.25) is 4.90 Å². The second-order valence-electron chi connectivity index (χ2n) is 7.14. The Bertz CT molecular complexity index is 290. The van der Waals surface area contributed by atoms with Crippen LogP contribution in [0.15, 0.2) is 0 Å². The topological polar surface area (TPSA) is 32.7 Å². The number of ether oxygens (including phenoxy) is 1. The Labute approximate surface area is 123 Å². The van der Waals surface area contributed by atoms with Crippen molar-refractivity contribution >= 4 is 0 Å². The molecule has 20 heavy (non-hydrogen) atoms. The van der Waals surface area contributed by atoms with Crippen LogP contribution in [0.3, 0.4) is 0 Å². The summed E-state index contributed by atoms with van der Waals surface area (Å²) in [5.74, 6) is 0. The fourth-order valence-electron chi connectivity index (χ4n) is 4.84. The van der Waals surface area contributed by atoms with Crippen molar-refractivity contribution in [3.8, 4) is 0 Å². The molecule has 0 aromatic rings. The van der Waals surface area contributed by atoms with Crippen LogP contribution >= 0.6 is 0 Å². The molecular formula is C17H31NO2. The van der Waals surface area contributed by atoms with Crippen molar-refractivity contribution in [1.82, 2.24) is 4.90 Å². The third kappa shape index (κ3) is 3.20. The van der Waals surface area contributed by atoms with E-state index < -0.39 is 0 Å². The zero-order valence-corrected chi connectivity index (χ0v) is 12.9. The minimum absolute atomic E-state index is 0.188. The van der Waals surface area contributed by atoms with Gasteiger partial charge in [0.05, 0.1) is 12.2 Å². The van der Waals surface area contributed by atoms with Gasteiger partial charge in [-0.05, 0) is 38.5 Å². The third-order valence-corrected chi connectivity index (χ3v) is 5.85. The van der Waals surface area contributed by atoms with Crippen LogP contribution in [0.25, 0.3) is 0 Å². The largest absolute Gasteiger partial charge is 0.395 e. The van der Waals surface area contributed by atoms with E-state index in [0.29, 0.717) is 12.6 Å². The normalized spacial score (nSPS) is 31.2. The van der Waals surface area contributed by atoms with Crippen LogP contribution in [-0.2, 0) is 4.74 Å². The van der Waals surface area contributed by atoms with Crippen molar-refractivity contribution in [2.24, 2.45) is 0 Å². The van der Waals surface area contributed by atoms with Crippen LogP contribution in [0.1, 0.15) is 70.6 Å². The van der Waals surface area contributed by atoms with E-state index in [9.17, 15) is 5.11 Å². The van der Waals surface area contributed by atoms with E-state index in [-0.39, 0.29) is 5.60 Å². The predicted molar refractivity (Wildman–Crippen MR) is 80.8 cm³/mol. The van der Waals surface area contributed by atoms with Crippen molar-refractivity contribution in [2.75, 3.05) is 19.8 Å². The zero-order chi connectivity index (χ0) is 13.8. The highest BCUT2D eigenvalue weighted by Gasteiger charge is 2.41. The van der Waals surface area contributed by atoms with E-state index in [0.717, 1.165) is 25.6 Å². The highest BCUT2D eigenvalue weighted by molar-refractivity contribution is 4.94. The Balaban J connectivity index is 1.66. The number of aliphatic hydroxyl groups is 1. The second-order valence-corrected chi connectivity index (χ2v) is 7.14. The van der Waals surface area contributed by atoms with Gasteiger partial charge in [0.15, 0.2) is 0 Å². The monoisotopic (exact) mass is 281 g/mol. The number of hydrogen-bond acceptors (Lipinski definition) is 3. The van der Waals surface area contributed by atoms with Crippen LogP contribution < -0.4 is 0 Å². The van der Waals surface area contributed by atoms with E-state index in [2.05, 4.69) is 4.90 Å². The molecule has 3 fully saturated rings. The van der Waals surface area contributed by atoms with Gasteiger partial charge in [0, 0.05) is 25.2 Å². The Hall–Kier alpha value is -0.120. The summed E-state index contributed by atoms with van der Waals surface area (Å²) < 4.78 is 6.24. The fraction of sp³-hybridized carbons (Fsp3) is 1.00. The van der Waals surface area contributed by atoms with E-state index in [1.165, 1.54) is 64.2 Å². The molecule has 3 heteroatoms. The molecule has 1 saturated heterocycles. The molecule has 1 atom stereocenters. The number of hydrogen-bond donors (Lipinski definition) is 1. The summed E-state index contributed by atoms with van der Waals surface area (Å²) >= 11 is 0. The summed E-state index contributed by atoms with van der Waals surface area (Å²) in [5, 5.41) is 9.46. The minimum Gasteiger partial charge on any atom is -0.395 e. The summed E-state index contributed by atoms with van der Waals surface area (Å²) in [4.78, 5) is 2.64. The highest BCUT2D eigenvalue weighted by Crippen LogP contribution is 2.41. The lowest BCUT2D eigenvalue weighted by Crippen LogP contribution is -2.52. The summed E-state index contributed by atoms with van der Waals surface area (Å²) in [7, 11) is 0. The van der Waals surface area contributed by atoms with Crippen molar-refractivity contribution < 1.29 is 9.84 Å². The van der Waals surface area contributed by atoms with Gasteiger partial charge in [-0.2, -0.15) is 0 Å². The zero-order valence-electron chi connectivity index (χ0n) is 12.9. The number of nitrogens with zero attached hydrogens (tertiary/aromatic N) is 1. The SMILES string of the molecule is OCCN(C1CCCC1)C1CCOC2(CCCCC2)C1. The molecule has 1 N–H and O–H groups in total.